The first-order chi connectivity index (χ1) is 11.4. The van der Waals surface area contributed by atoms with Gasteiger partial charge in [0, 0.05) is 12.3 Å². The molecule has 2 fully saturated rings. The van der Waals surface area contributed by atoms with Crippen LogP contribution in [0.2, 0.25) is 0 Å². The fourth-order valence-corrected chi connectivity index (χ4v) is 5.71. The van der Waals surface area contributed by atoms with Crippen LogP contribution in [0.5, 0.6) is 0 Å². The fourth-order valence-electron chi connectivity index (χ4n) is 5.71. The molecule has 1 saturated carbocycles. The summed E-state index contributed by atoms with van der Waals surface area (Å²) in [6, 6.07) is 1.72. The van der Waals surface area contributed by atoms with E-state index in [1.165, 1.54) is 18.1 Å². The lowest BCUT2D eigenvalue weighted by Crippen LogP contribution is -2.52. The molecule has 0 aromatic carbocycles. The van der Waals surface area contributed by atoms with Gasteiger partial charge in [0.05, 0.1) is 17.2 Å². The quantitative estimate of drug-likeness (QED) is 0.475. The summed E-state index contributed by atoms with van der Waals surface area (Å²) in [6.07, 6.45) is 8.41. The summed E-state index contributed by atoms with van der Waals surface area (Å²) in [4.78, 5) is 25.2. The van der Waals surface area contributed by atoms with Gasteiger partial charge in [-0.25, -0.2) is 0 Å². The third-order valence-electron chi connectivity index (χ3n) is 6.85. The van der Waals surface area contributed by atoms with E-state index in [1.807, 2.05) is 0 Å². The number of furan rings is 1. The Morgan fingerprint density at radius 3 is 2.83 bits per heavy atom. The van der Waals surface area contributed by atoms with Crippen LogP contribution in [0.4, 0.5) is 0 Å². The molecule has 2 heterocycles. The first-order valence-electron chi connectivity index (χ1n) is 8.81. The first kappa shape index (κ1) is 15.7. The second kappa shape index (κ2) is 5.08. The van der Waals surface area contributed by atoms with Crippen molar-refractivity contribution in [2.24, 2.45) is 22.7 Å². The van der Waals surface area contributed by atoms with E-state index in [0.717, 1.165) is 19.3 Å². The minimum atomic E-state index is -0.411. The van der Waals surface area contributed by atoms with E-state index in [1.54, 1.807) is 6.07 Å². The molecule has 3 aliphatic rings. The highest BCUT2D eigenvalue weighted by atomic mass is 16.6. The molecule has 1 aromatic rings. The summed E-state index contributed by atoms with van der Waals surface area (Å²) in [7, 11) is 0. The van der Waals surface area contributed by atoms with Gasteiger partial charge in [-0.15, -0.1) is 0 Å². The van der Waals surface area contributed by atoms with Gasteiger partial charge in [-0.1, -0.05) is 18.9 Å². The Bertz CT molecular complexity index is 716. The molecule has 0 bridgehead atoms. The summed E-state index contributed by atoms with van der Waals surface area (Å²) in [5, 5.41) is 0. The maximum atomic E-state index is 12.7. The molecule has 4 rings (SSSR count). The predicted molar refractivity (Wildman–Crippen MR) is 88.3 cm³/mol. The van der Waals surface area contributed by atoms with E-state index in [2.05, 4.69) is 26.8 Å². The number of carbonyl (C=O) groups is 2. The molecule has 2 aliphatic carbocycles. The van der Waals surface area contributed by atoms with Gasteiger partial charge in [0.15, 0.2) is 5.78 Å². The van der Waals surface area contributed by atoms with Gasteiger partial charge in [0.1, 0.15) is 12.4 Å². The lowest BCUT2D eigenvalue weighted by atomic mass is 9.48. The Morgan fingerprint density at radius 2 is 2.12 bits per heavy atom. The number of hydrogen-bond acceptors (Lipinski definition) is 4. The van der Waals surface area contributed by atoms with Gasteiger partial charge in [-0.05, 0) is 50.2 Å². The van der Waals surface area contributed by atoms with E-state index in [0.29, 0.717) is 12.0 Å². The number of esters is 1. The van der Waals surface area contributed by atoms with Crippen molar-refractivity contribution in [3.8, 4) is 0 Å². The molecule has 5 atom stereocenters. The van der Waals surface area contributed by atoms with Gasteiger partial charge in [-0.3, -0.25) is 9.59 Å². The molecule has 0 radical (unpaired) electrons. The Hall–Kier alpha value is -1.84. The number of rotatable bonds is 3. The Labute approximate surface area is 142 Å². The monoisotopic (exact) mass is 328 g/mol. The second-order valence-electron chi connectivity index (χ2n) is 8.23. The zero-order valence-corrected chi connectivity index (χ0v) is 14.5. The molecule has 0 amide bonds. The highest BCUT2D eigenvalue weighted by molar-refractivity contribution is 5.96. The Morgan fingerprint density at radius 1 is 1.33 bits per heavy atom. The van der Waals surface area contributed by atoms with Crippen molar-refractivity contribution in [1.82, 2.24) is 0 Å². The van der Waals surface area contributed by atoms with Gasteiger partial charge in [-0.2, -0.15) is 0 Å². The van der Waals surface area contributed by atoms with Crippen LogP contribution in [-0.2, 0) is 9.53 Å². The first-order valence-corrected chi connectivity index (χ1v) is 8.81. The lowest BCUT2D eigenvalue weighted by Gasteiger charge is -2.54. The Balaban J connectivity index is 1.72. The number of Topliss-reactive ketones (excluding diaryl/α,β-unsaturated/α-hetero) is 1. The molecule has 1 saturated heterocycles. The molecular formula is C20H24O4. The largest absolute Gasteiger partial charge is 0.472 e. The van der Waals surface area contributed by atoms with E-state index in [-0.39, 0.29) is 35.1 Å². The van der Waals surface area contributed by atoms with Crippen LogP contribution in [0.25, 0.3) is 0 Å². The molecule has 0 spiro atoms. The third kappa shape index (κ3) is 1.98. The Kier molecular flexibility index (Phi) is 3.32. The van der Waals surface area contributed by atoms with E-state index in [4.69, 9.17) is 9.15 Å². The highest BCUT2D eigenvalue weighted by Crippen LogP contribution is 2.64. The number of hydrogen-bond donors (Lipinski definition) is 0. The van der Waals surface area contributed by atoms with Crippen molar-refractivity contribution in [2.75, 3.05) is 0 Å². The molecule has 4 heteroatoms. The maximum absolute atomic E-state index is 12.7. The smallest absolute Gasteiger partial charge is 0.312 e. The topological polar surface area (TPSA) is 56.5 Å². The molecule has 24 heavy (non-hydrogen) atoms. The van der Waals surface area contributed by atoms with Crippen LogP contribution in [0.1, 0.15) is 56.8 Å². The van der Waals surface area contributed by atoms with Crippen LogP contribution in [-0.4, -0.2) is 17.9 Å². The highest BCUT2D eigenvalue weighted by Gasteiger charge is 2.65. The molecule has 1 aliphatic heterocycles. The summed E-state index contributed by atoms with van der Waals surface area (Å²) in [5.41, 5.74) is 1.31. The third-order valence-corrected chi connectivity index (χ3v) is 6.85. The predicted octanol–water partition coefficient (Wildman–Crippen LogP) is 4.17. The summed E-state index contributed by atoms with van der Waals surface area (Å²) in [6.45, 7) is 6.39. The zero-order valence-electron chi connectivity index (χ0n) is 14.5. The molecule has 0 unspecified atom stereocenters. The molecule has 4 nitrogen and oxygen atoms in total. The number of allylic oxidation sites excluding steroid dienone is 1. The van der Waals surface area contributed by atoms with Crippen molar-refractivity contribution < 1.29 is 18.7 Å². The van der Waals surface area contributed by atoms with Crippen LogP contribution in [0, 0.1) is 22.7 Å². The van der Waals surface area contributed by atoms with E-state index in [9.17, 15) is 9.59 Å². The van der Waals surface area contributed by atoms with E-state index >= 15 is 0 Å². The van der Waals surface area contributed by atoms with Crippen LogP contribution in [0.15, 0.2) is 34.7 Å². The zero-order chi connectivity index (χ0) is 17.1. The number of ketones is 1. The normalized spacial score (nSPS) is 40.7. The molecule has 128 valence electrons. The SMILES string of the molecule is CC1=C[C@H]2OC(=O)[C@]3(C)CCC[C@](C)([C@H]1CC(=O)c1ccoc1)[C@H]23. The van der Waals surface area contributed by atoms with Gasteiger partial charge >= 0.3 is 5.97 Å². The van der Waals surface area contributed by atoms with Crippen LogP contribution >= 0.6 is 0 Å². The number of carbonyl (C=O) groups excluding carboxylic acids is 2. The average molecular weight is 328 g/mol. The van der Waals surface area contributed by atoms with Crippen molar-refractivity contribution >= 4 is 11.8 Å². The van der Waals surface area contributed by atoms with Gasteiger partial charge < -0.3 is 9.15 Å². The summed E-state index contributed by atoms with van der Waals surface area (Å²) < 4.78 is 10.8. The van der Waals surface area contributed by atoms with Gasteiger partial charge in [0.2, 0.25) is 0 Å². The van der Waals surface area contributed by atoms with Gasteiger partial charge in [0.25, 0.3) is 0 Å². The minimum absolute atomic E-state index is 0.0608. The van der Waals surface area contributed by atoms with Crippen LogP contribution < -0.4 is 0 Å². The van der Waals surface area contributed by atoms with Crippen molar-refractivity contribution in [3.63, 3.8) is 0 Å². The maximum Gasteiger partial charge on any atom is 0.312 e. The van der Waals surface area contributed by atoms with Crippen molar-refractivity contribution in [2.45, 2.75) is 52.6 Å². The summed E-state index contributed by atoms with van der Waals surface area (Å²) in [5.74, 6) is 0.361. The van der Waals surface area contributed by atoms with Crippen molar-refractivity contribution in [1.29, 1.82) is 0 Å². The van der Waals surface area contributed by atoms with Crippen LogP contribution in [0.3, 0.4) is 0 Å². The second-order valence-corrected chi connectivity index (χ2v) is 8.23. The fraction of sp³-hybridized carbons (Fsp3) is 0.600. The molecular weight excluding hydrogens is 304 g/mol. The lowest BCUT2D eigenvalue weighted by molar-refractivity contribution is -0.148. The summed E-state index contributed by atoms with van der Waals surface area (Å²) >= 11 is 0. The minimum Gasteiger partial charge on any atom is -0.472 e. The molecule has 0 N–H and O–H groups in total. The number of ether oxygens (including phenoxy) is 1. The van der Waals surface area contributed by atoms with Crippen molar-refractivity contribution in [3.05, 3.63) is 35.8 Å². The van der Waals surface area contributed by atoms with E-state index < -0.39 is 5.41 Å². The molecule has 1 aromatic heterocycles. The average Bonchev–Trinajstić information content (AvgIpc) is 3.12. The standard InChI is InChI=1S/C20H24O4/c1-12-9-16-17-19(2,6-4-7-20(17,3)18(22)24-16)14(12)10-15(21)13-5-8-23-11-13/h5,8-9,11,14,16-17H,4,6-7,10H2,1-3H3/t14-,16+,17-,19+,20+/m0/s1.